The average molecular weight is 393 g/mol. The van der Waals surface area contributed by atoms with Crippen molar-refractivity contribution in [3.8, 4) is 0 Å². The van der Waals surface area contributed by atoms with Gasteiger partial charge in [-0.3, -0.25) is 0 Å². The third-order valence-corrected chi connectivity index (χ3v) is 5.53. The summed E-state index contributed by atoms with van der Waals surface area (Å²) in [5.41, 5.74) is 0. The largest absolute Gasteiger partial charge is 0.352 e. The smallest absolute Gasteiger partial charge is 0.189 e. The maximum atomic E-state index is 4.69. The summed E-state index contributed by atoms with van der Waals surface area (Å²) in [5, 5.41) is 0.816. The highest BCUT2D eigenvalue weighted by atomic mass is 79.9. The Balaban J connectivity index is 1.56. The molecule has 0 N–H and O–H groups in total. The summed E-state index contributed by atoms with van der Waals surface area (Å²) in [6.45, 7) is 3.87. The van der Waals surface area contributed by atoms with Crippen molar-refractivity contribution < 1.29 is 0 Å². The molecular formula is C15H17BrN6S. The van der Waals surface area contributed by atoms with E-state index < -0.39 is 0 Å². The van der Waals surface area contributed by atoms with Crippen molar-refractivity contribution in [1.29, 1.82) is 0 Å². The zero-order chi connectivity index (χ0) is 16.0. The van der Waals surface area contributed by atoms with Gasteiger partial charge in [0.1, 0.15) is 17.5 Å². The van der Waals surface area contributed by atoms with E-state index >= 15 is 0 Å². The van der Waals surface area contributed by atoms with Crippen molar-refractivity contribution >= 4 is 39.3 Å². The van der Waals surface area contributed by atoms with Crippen LogP contribution in [0.25, 0.3) is 0 Å². The molecule has 6 nitrogen and oxygen atoms in total. The van der Waals surface area contributed by atoms with Crippen molar-refractivity contribution in [1.82, 2.24) is 19.9 Å². The molecule has 3 saturated heterocycles. The predicted molar refractivity (Wildman–Crippen MR) is 95.2 cm³/mol. The second-order valence-electron chi connectivity index (χ2n) is 5.85. The van der Waals surface area contributed by atoms with Gasteiger partial charge in [0.25, 0.3) is 0 Å². The van der Waals surface area contributed by atoms with Gasteiger partial charge < -0.3 is 9.80 Å². The molecule has 2 atom stereocenters. The van der Waals surface area contributed by atoms with E-state index in [1.807, 2.05) is 31.6 Å². The Hall–Kier alpha value is -1.41. The van der Waals surface area contributed by atoms with Gasteiger partial charge in [-0.05, 0) is 41.6 Å². The van der Waals surface area contributed by atoms with Crippen molar-refractivity contribution in [3.05, 3.63) is 28.8 Å². The lowest BCUT2D eigenvalue weighted by atomic mass is 9.87. The number of piperidine rings is 1. The van der Waals surface area contributed by atoms with E-state index in [1.165, 1.54) is 6.42 Å². The Labute approximate surface area is 147 Å². The van der Waals surface area contributed by atoms with E-state index in [-0.39, 0.29) is 0 Å². The molecule has 2 aromatic rings. The van der Waals surface area contributed by atoms with Crippen molar-refractivity contribution in [2.75, 3.05) is 29.1 Å². The van der Waals surface area contributed by atoms with Crippen LogP contribution in [0.2, 0.25) is 0 Å². The number of aromatic nitrogens is 4. The molecule has 0 spiro atoms. The van der Waals surface area contributed by atoms with Crippen LogP contribution in [0, 0.1) is 6.92 Å². The zero-order valence-corrected chi connectivity index (χ0v) is 15.4. The van der Waals surface area contributed by atoms with E-state index in [1.54, 1.807) is 11.8 Å². The maximum absolute atomic E-state index is 4.69. The molecule has 5 heterocycles. The quantitative estimate of drug-likeness (QED) is 0.587. The molecule has 2 bridgehead atoms. The Morgan fingerprint density at radius 1 is 1.22 bits per heavy atom. The minimum absolute atomic E-state index is 0.477. The fourth-order valence-corrected chi connectivity index (χ4v) is 4.12. The number of thioether (sulfide) groups is 1. The highest BCUT2D eigenvalue weighted by Crippen LogP contribution is 2.40. The number of anilines is 2. The first-order valence-corrected chi connectivity index (χ1v) is 9.57. The summed E-state index contributed by atoms with van der Waals surface area (Å²) in [6, 6.07) is 2.95. The molecule has 2 unspecified atom stereocenters. The lowest BCUT2D eigenvalue weighted by molar-refractivity contribution is 0.286. The van der Waals surface area contributed by atoms with E-state index in [4.69, 9.17) is 4.98 Å². The number of fused-ring (bicyclic) bond motifs is 2. The minimum atomic E-state index is 0.477. The van der Waals surface area contributed by atoms with Crippen LogP contribution in [0.4, 0.5) is 11.6 Å². The summed E-state index contributed by atoms with van der Waals surface area (Å²) in [4.78, 5) is 22.5. The van der Waals surface area contributed by atoms with Gasteiger partial charge in [0.2, 0.25) is 0 Å². The van der Waals surface area contributed by atoms with Crippen LogP contribution in [0.3, 0.4) is 0 Å². The Bertz CT molecular complexity index is 730. The SMILES string of the molecule is CSc1ncc(Br)c(N2C3CC2CN(c2ccnc(C)n2)C3)n1. The van der Waals surface area contributed by atoms with Crippen LogP contribution >= 0.6 is 27.7 Å². The predicted octanol–water partition coefficient (Wildman–Crippen LogP) is 2.53. The first kappa shape index (κ1) is 15.1. The Morgan fingerprint density at radius 2 is 2.00 bits per heavy atom. The topological polar surface area (TPSA) is 58.0 Å². The molecule has 8 heteroatoms. The van der Waals surface area contributed by atoms with Crippen molar-refractivity contribution in [3.63, 3.8) is 0 Å². The molecule has 23 heavy (non-hydrogen) atoms. The summed E-state index contributed by atoms with van der Waals surface area (Å²) in [7, 11) is 0. The summed E-state index contributed by atoms with van der Waals surface area (Å²) in [5.74, 6) is 2.87. The first-order chi connectivity index (χ1) is 11.2. The van der Waals surface area contributed by atoms with Gasteiger partial charge in [0.05, 0.1) is 16.6 Å². The Morgan fingerprint density at radius 3 is 2.70 bits per heavy atom. The molecule has 5 rings (SSSR count). The molecule has 0 saturated carbocycles. The molecular weight excluding hydrogens is 376 g/mol. The van der Waals surface area contributed by atoms with Crippen molar-refractivity contribution in [2.45, 2.75) is 30.6 Å². The number of aryl methyl sites for hydroxylation is 1. The zero-order valence-electron chi connectivity index (χ0n) is 13.0. The van der Waals surface area contributed by atoms with Crippen LogP contribution in [-0.4, -0.2) is 51.4 Å². The molecule has 3 fully saturated rings. The minimum Gasteiger partial charge on any atom is -0.352 e. The second-order valence-corrected chi connectivity index (χ2v) is 7.47. The van der Waals surface area contributed by atoms with Crippen molar-refractivity contribution in [2.24, 2.45) is 0 Å². The molecule has 120 valence electrons. The summed E-state index contributed by atoms with van der Waals surface area (Å²) < 4.78 is 0.969. The van der Waals surface area contributed by atoms with Gasteiger partial charge in [-0.1, -0.05) is 11.8 Å². The molecule has 0 amide bonds. The first-order valence-electron chi connectivity index (χ1n) is 7.55. The molecule has 0 aliphatic carbocycles. The van der Waals surface area contributed by atoms with Crippen LogP contribution in [-0.2, 0) is 0 Å². The lowest BCUT2D eigenvalue weighted by Crippen LogP contribution is -2.69. The molecule has 0 radical (unpaired) electrons. The normalized spacial score (nSPS) is 22.9. The van der Waals surface area contributed by atoms with Crippen LogP contribution < -0.4 is 9.80 Å². The van der Waals surface area contributed by atoms with Gasteiger partial charge >= 0.3 is 0 Å². The number of halogens is 1. The van der Waals surface area contributed by atoms with Gasteiger partial charge in [0.15, 0.2) is 5.16 Å². The van der Waals surface area contributed by atoms with Gasteiger partial charge in [0, 0.05) is 25.5 Å². The number of rotatable bonds is 3. The maximum Gasteiger partial charge on any atom is 0.189 e. The fourth-order valence-electron chi connectivity index (χ4n) is 3.38. The highest BCUT2D eigenvalue weighted by molar-refractivity contribution is 9.10. The van der Waals surface area contributed by atoms with Crippen LogP contribution in [0.15, 0.2) is 28.1 Å². The third kappa shape index (κ3) is 2.67. The van der Waals surface area contributed by atoms with Crippen LogP contribution in [0.5, 0.6) is 0 Å². The lowest BCUT2D eigenvalue weighted by Gasteiger charge is -2.57. The number of hydrogen-bond donors (Lipinski definition) is 0. The summed E-state index contributed by atoms with van der Waals surface area (Å²) >= 11 is 5.18. The van der Waals surface area contributed by atoms with E-state index in [2.05, 4.69) is 40.7 Å². The monoisotopic (exact) mass is 392 g/mol. The third-order valence-electron chi connectivity index (χ3n) is 4.41. The average Bonchev–Trinajstić information content (AvgIpc) is 2.57. The van der Waals surface area contributed by atoms with Gasteiger partial charge in [-0.25, -0.2) is 19.9 Å². The number of nitrogens with zero attached hydrogens (tertiary/aromatic N) is 6. The van der Waals surface area contributed by atoms with E-state index in [0.717, 1.165) is 40.2 Å². The standard InChI is InChI=1S/C15H17BrN6S/c1-9-17-4-3-13(19-9)21-7-10-5-11(8-21)22(10)14-12(16)6-18-15(20-14)23-2/h3-4,6,10-11H,5,7-8H2,1-2H3. The van der Waals surface area contributed by atoms with E-state index in [9.17, 15) is 0 Å². The Kier molecular flexibility index (Phi) is 3.88. The van der Waals surface area contributed by atoms with Gasteiger partial charge in [-0.15, -0.1) is 0 Å². The molecule has 3 aliphatic heterocycles. The highest BCUT2D eigenvalue weighted by Gasteiger charge is 2.46. The number of hydrogen-bond acceptors (Lipinski definition) is 7. The number of piperazine rings is 1. The van der Waals surface area contributed by atoms with Gasteiger partial charge in [-0.2, -0.15) is 0 Å². The van der Waals surface area contributed by atoms with E-state index in [0.29, 0.717) is 12.1 Å². The molecule has 2 aromatic heterocycles. The molecule has 0 aromatic carbocycles. The fraction of sp³-hybridized carbons (Fsp3) is 0.467. The molecule has 3 aliphatic rings. The second kappa shape index (κ2) is 5.90. The summed E-state index contributed by atoms with van der Waals surface area (Å²) in [6.07, 6.45) is 6.91. The van der Waals surface area contributed by atoms with Crippen LogP contribution in [0.1, 0.15) is 12.2 Å².